The van der Waals surface area contributed by atoms with Crippen LogP contribution < -0.4 is 0 Å². The molecule has 0 unspecified atom stereocenters. The lowest BCUT2D eigenvalue weighted by Crippen LogP contribution is -2.48. The van der Waals surface area contributed by atoms with E-state index < -0.39 is 10.0 Å². The number of piperazine rings is 1. The third kappa shape index (κ3) is 4.47. The van der Waals surface area contributed by atoms with Crippen molar-refractivity contribution in [1.82, 2.24) is 19.0 Å². The molecule has 1 aliphatic heterocycles. The molecule has 1 aromatic carbocycles. The average Bonchev–Trinajstić information content (AvgIpc) is 3.39. The molecule has 4 rings (SSSR count). The first-order valence-electron chi connectivity index (χ1n) is 10.4. The molecule has 0 spiro atoms. The third-order valence-corrected chi connectivity index (χ3v) is 7.85. The summed E-state index contributed by atoms with van der Waals surface area (Å²) in [5.41, 5.74) is 2.53. The summed E-state index contributed by atoms with van der Waals surface area (Å²) in [6.07, 6.45) is 10.5. The van der Waals surface area contributed by atoms with Crippen molar-refractivity contribution in [2.75, 3.05) is 32.7 Å². The van der Waals surface area contributed by atoms with E-state index >= 15 is 0 Å². The Kier molecular flexibility index (Phi) is 6.13. The van der Waals surface area contributed by atoms with Gasteiger partial charge in [-0.2, -0.15) is 9.40 Å². The summed E-state index contributed by atoms with van der Waals surface area (Å²) < 4.78 is 29.6. The molecule has 2 aromatic rings. The Morgan fingerprint density at radius 3 is 2.50 bits per heavy atom. The zero-order valence-corrected chi connectivity index (χ0v) is 17.3. The van der Waals surface area contributed by atoms with Gasteiger partial charge in [0.05, 0.1) is 4.90 Å². The number of aromatic nitrogens is 2. The van der Waals surface area contributed by atoms with Gasteiger partial charge in [-0.3, -0.25) is 4.68 Å². The Morgan fingerprint density at radius 1 is 0.929 bits per heavy atom. The van der Waals surface area contributed by atoms with Crippen LogP contribution >= 0.6 is 0 Å². The van der Waals surface area contributed by atoms with Gasteiger partial charge in [0.15, 0.2) is 0 Å². The molecule has 2 aliphatic rings. The lowest BCUT2D eigenvalue weighted by atomic mass is 10.1. The summed E-state index contributed by atoms with van der Waals surface area (Å²) >= 11 is 0. The van der Waals surface area contributed by atoms with E-state index in [0.29, 0.717) is 18.0 Å². The van der Waals surface area contributed by atoms with Crippen LogP contribution in [0.1, 0.15) is 36.8 Å². The van der Waals surface area contributed by atoms with Crippen LogP contribution in [-0.2, 0) is 29.4 Å². The van der Waals surface area contributed by atoms with Crippen molar-refractivity contribution in [2.45, 2.75) is 50.0 Å². The maximum absolute atomic E-state index is 13.0. The van der Waals surface area contributed by atoms with Crippen LogP contribution in [0.3, 0.4) is 0 Å². The molecule has 2 heterocycles. The Morgan fingerprint density at radius 2 is 1.71 bits per heavy atom. The van der Waals surface area contributed by atoms with E-state index in [2.05, 4.69) is 10.00 Å². The summed E-state index contributed by atoms with van der Waals surface area (Å²) in [7, 11) is -3.36. The lowest BCUT2D eigenvalue weighted by Gasteiger charge is -2.34. The quantitative estimate of drug-likeness (QED) is 0.637. The topological polar surface area (TPSA) is 58.4 Å². The zero-order valence-electron chi connectivity index (χ0n) is 16.5. The Bertz CT molecular complexity index is 872. The number of unbranched alkanes of at least 4 members (excludes halogenated alkanes) is 2. The van der Waals surface area contributed by atoms with E-state index in [-0.39, 0.29) is 0 Å². The first kappa shape index (κ1) is 19.6. The maximum Gasteiger partial charge on any atom is 0.243 e. The maximum atomic E-state index is 13.0. The molecule has 0 atom stereocenters. The van der Waals surface area contributed by atoms with Crippen LogP contribution in [0.5, 0.6) is 0 Å². The van der Waals surface area contributed by atoms with Gasteiger partial charge < -0.3 is 4.90 Å². The van der Waals surface area contributed by atoms with E-state index in [4.69, 9.17) is 0 Å². The van der Waals surface area contributed by atoms with Gasteiger partial charge in [0.1, 0.15) is 0 Å². The highest BCUT2D eigenvalue weighted by Crippen LogP contribution is 2.26. The SMILES string of the molecule is O=S(=O)(c1ccc2c(c1)CCC2)N1CCN(CCCCCn2cccn2)CC1. The van der Waals surface area contributed by atoms with Crippen LogP contribution in [0.2, 0.25) is 0 Å². The van der Waals surface area contributed by atoms with Crippen molar-refractivity contribution in [3.05, 3.63) is 47.8 Å². The summed E-state index contributed by atoms with van der Waals surface area (Å²) in [4.78, 5) is 2.86. The van der Waals surface area contributed by atoms with Gasteiger partial charge in [-0.15, -0.1) is 0 Å². The standard InChI is InChI=1S/C21H30N4O2S/c26-28(27,21-9-8-19-6-4-7-20(19)18-21)25-16-14-23(15-17-25)11-2-1-3-12-24-13-5-10-22-24/h5,8-10,13,18H,1-4,6-7,11-12,14-17H2. The van der Waals surface area contributed by atoms with Gasteiger partial charge in [-0.25, -0.2) is 8.42 Å². The summed E-state index contributed by atoms with van der Waals surface area (Å²) in [5.74, 6) is 0. The van der Waals surface area contributed by atoms with Gasteiger partial charge in [-0.1, -0.05) is 12.5 Å². The van der Waals surface area contributed by atoms with E-state index in [0.717, 1.165) is 58.3 Å². The van der Waals surface area contributed by atoms with E-state index in [1.165, 1.54) is 17.5 Å². The fraction of sp³-hybridized carbons (Fsp3) is 0.571. The highest BCUT2D eigenvalue weighted by molar-refractivity contribution is 7.89. The monoisotopic (exact) mass is 402 g/mol. The summed E-state index contributed by atoms with van der Waals surface area (Å²) in [5, 5.41) is 4.22. The number of rotatable bonds is 8. The Labute approximate surface area is 168 Å². The van der Waals surface area contributed by atoms with Gasteiger partial charge in [-0.05, 0) is 68.0 Å². The number of aryl methyl sites for hydroxylation is 3. The molecule has 0 saturated carbocycles. The normalized spacial score (nSPS) is 18.4. The second-order valence-electron chi connectivity index (χ2n) is 7.86. The highest BCUT2D eigenvalue weighted by atomic mass is 32.2. The molecule has 1 aromatic heterocycles. The van der Waals surface area contributed by atoms with Crippen molar-refractivity contribution in [2.24, 2.45) is 0 Å². The van der Waals surface area contributed by atoms with Crippen LogP contribution in [0.25, 0.3) is 0 Å². The minimum atomic E-state index is -3.36. The van der Waals surface area contributed by atoms with Crippen LogP contribution in [0, 0.1) is 0 Å². The van der Waals surface area contributed by atoms with E-state index in [1.807, 2.05) is 35.3 Å². The Balaban J connectivity index is 1.22. The fourth-order valence-corrected chi connectivity index (χ4v) is 5.74. The van der Waals surface area contributed by atoms with Crippen LogP contribution in [0.15, 0.2) is 41.6 Å². The number of nitrogens with zero attached hydrogens (tertiary/aromatic N) is 4. The first-order chi connectivity index (χ1) is 13.6. The van der Waals surface area contributed by atoms with Crippen LogP contribution in [-0.4, -0.2) is 60.1 Å². The number of hydrogen-bond donors (Lipinski definition) is 0. The second kappa shape index (κ2) is 8.76. The molecule has 0 radical (unpaired) electrons. The van der Waals surface area contributed by atoms with Gasteiger partial charge in [0, 0.05) is 45.1 Å². The van der Waals surface area contributed by atoms with Crippen molar-refractivity contribution in [3.8, 4) is 0 Å². The Hall–Kier alpha value is -1.70. The largest absolute Gasteiger partial charge is 0.301 e. The molecular formula is C21H30N4O2S. The zero-order chi connectivity index (χ0) is 19.4. The molecule has 152 valence electrons. The minimum absolute atomic E-state index is 0.472. The van der Waals surface area contributed by atoms with Gasteiger partial charge in [0.25, 0.3) is 0 Å². The number of hydrogen-bond acceptors (Lipinski definition) is 4. The van der Waals surface area contributed by atoms with Crippen LogP contribution in [0.4, 0.5) is 0 Å². The smallest absolute Gasteiger partial charge is 0.243 e. The number of sulfonamides is 1. The van der Waals surface area contributed by atoms with Crippen molar-refractivity contribution in [3.63, 3.8) is 0 Å². The summed E-state index contributed by atoms with van der Waals surface area (Å²) in [6, 6.07) is 7.67. The summed E-state index contributed by atoms with van der Waals surface area (Å²) in [6.45, 7) is 4.84. The number of benzene rings is 1. The number of fused-ring (bicyclic) bond motifs is 1. The molecule has 0 N–H and O–H groups in total. The molecule has 6 nitrogen and oxygen atoms in total. The highest BCUT2D eigenvalue weighted by Gasteiger charge is 2.29. The molecular weight excluding hydrogens is 372 g/mol. The third-order valence-electron chi connectivity index (χ3n) is 5.96. The van der Waals surface area contributed by atoms with E-state index in [9.17, 15) is 8.42 Å². The van der Waals surface area contributed by atoms with E-state index in [1.54, 1.807) is 10.4 Å². The average molecular weight is 403 g/mol. The first-order valence-corrected chi connectivity index (χ1v) is 11.9. The van der Waals surface area contributed by atoms with Crippen molar-refractivity contribution >= 4 is 10.0 Å². The predicted octanol–water partition coefficient (Wildman–Crippen LogP) is 2.55. The molecule has 7 heteroatoms. The second-order valence-corrected chi connectivity index (χ2v) is 9.80. The van der Waals surface area contributed by atoms with Crippen molar-refractivity contribution in [1.29, 1.82) is 0 Å². The van der Waals surface area contributed by atoms with Crippen molar-refractivity contribution < 1.29 is 8.42 Å². The molecule has 1 aliphatic carbocycles. The molecule has 0 amide bonds. The molecule has 28 heavy (non-hydrogen) atoms. The lowest BCUT2D eigenvalue weighted by molar-refractivity contribution is 0.185. The minimum Gasteiger partial charge on any atom is -0.301 e. The van der Waals surface area contributed by atoms with Gasteiger partial charge >= 0.3 is 0 Å². The molecule has 1 fully saturated rings. The molecule has 0 bridgehead atoms. The van der Waals surface area contributed by atoms with Gasteiger partial charge in [0.2, 0.25) is 10.0 Å². The fourth-order valence-electron chi connectivity index (χ4n) is 4.27. The molecule has 1 saturated heterocycles. The predicted molar refractivity (Wildman–Crippen MR) is 110 cm³/mol.